The van der Waals surface area contributed by atoms with Crippen molar-refractivity contribution in [1.82, 2.24) is 16.0 Å². The van der Waals surface area contributed by atoms with E-state index >= 15 is 0 Å². The zero-order valence-corrected chi connectivity index (χ0v) is 7.61. The average Bonchev–Trinajstić information content (AvgIpc) is 2.42. The largest absolute Gasteiger partial charge is 0.368 e. The summed E-state index contributed by atoms with van der Waals surface area (Å²) in [6.07, 6.45) is 1.02. The molecule has 0 saturated carbocycles. The number of nitrogens with one attached hydrogen (secondary N) is 2. The molecule has 0 aromatic carbocycles. The highest BCUT2D eigenvalue weighted by Gasteiger charge is 2.15. The quantitative estimate of drug-likeness (QED) is 0.516. The molecule has 0 unspecified atom stereocenters. The van der Waals surface area contributed by atoms with Gasteiger partial charge < -0.3 is 5.73 Å². The molecule has 0 aliphatic carbocycles. The summed E-state index contributed by atoms with van der Waals surface area (Å²) < 4.78 is 0. The van der Waals surface area contributed by atoms with Crippen LogP contribution in [0.1, 0.15) is 13.3 Å². The van der Waals surface area contributed by atoms with Gasteiger partial charge in [0.15, 0.2) is 0 Å². The zero-order valence-electron chi connectivity index (χ0n) is 6.79. The van der Waals surface area contributed by atoms with Crippen molar-refractivity contribution in [3.8, 4) is 0 Å². The molecule has 12 heavy (non-hydrogen) atoms. The molecule has 0 saturated heterocycles. The van der Waals surface area contributed by atoms with Gasteiger partial charge in [-0.25, -0.2) is 5.43 Å². The standard InChI is InChI=1S/C6H11N5S/c1-2-3-8-11-5(4-12)9-6(7)10-11/h8H,2-3H2,1H3,(H3,7,9,10). The Morgan fingerprint density at radius 3 is 3.17 bits per heavy atom. The highest BCUT2D eigenvalue weighted by molar-refractivity contribution is 7.78. The van der Waals surface area contributed by atoms with Crippen molar-refractivity contribution in [3.05, 3.63) is 5.82 Å². The van der Waals surface area contributed by atoms with E-state index in [-0.39, 0.29) is 0 Å². The molecule has 4 N–H and O–H groups in total. The third-order valence-electron chi connectivity index (χ3n) is 1.28. The van der Waals surface area contributed by atoms with Gasteiger partial charge in [0.05, 0.1) is 0 Å². The van der Waals surface area contributed by atoms with E-state index in [0.29, 0.717) is 11.8 Å². The molecule has 5 nitrogen and oxygen atoms in total. The second-order valence-electron chi connectivity index (χ2n) is 2.28. The van der Waals surface area contributed by atoms with Crippen molar-refractivity contribution in [3.63, 3.8) is 0 Å². The van der Waals surface area contributed by atoms with Crippen molar-refractivity contribution in [2.75, 3.05) is 6.54 Å². The SMILES string of the molecule is CCCNN1NC(N)=NC1=C=S. The minimum Gasteiger partial charge on any atom is -0.368 e. The van der Waals surface area contributed by atoms with Crippen LogP contribution in [0, 0.1) is 0 Å². The van der Waals surface area contributed by atoms with Gasteiger partial charge in [0, 0.05) is 11.6 Å². The number of nitrogens with zero attached hydrogens (tertiary/aromatic N) is 2. The molecule has 1 rings (SSSR count). The van der Waals surface area contributed by atoms with Crippen LogP contribution in [0.5, 0.6) is 0 Å². The molecule has 66 valence electrons. The molecule has 0 spiro atoms. The van der Waals surface area contributed by atoms with Crippen LogP contribution in [0.4, 0.5) is 0 Å². The van der Waals surface area contributed by atoms with Crippen LogP contribution in [0.25, 0.3) is 0 Å². The van der Waals surface area contributed by atoms with Gasteiger partial charge in [-0.1, -0.05) is 6.92 Å². The Balaban J connectivity index is 2.53. The topological polar surface area (TPSA) is 65.7 Å². The summed E-state index contributed by atoms with van der Waals surface area (Å²) >= 11 is 4.62. The number of aliphatic imine (C=N–C) groups is 1. The fourth-order valence-corrected chi connectivity index (χ4v) is 0.900. The van der Waals surface area contributed by atoms with Crippen molar-refractivity contribution in [1.29, 1.82) is 0 Å². The Morgan fingerprint density at radius 1 is 1.83 bits per heavy atom. The molecule has 1 aliphatic rings. The van der Waals surface area contributed by atoms with Gasteiger partial charge in [-0.2, -0.15) is 10.1 Å². The van der Waals surface area contributed by atoms with Crippen LogP contribution in [0.2, 0.25) is 0 Å². The van der Waals surface area contributed by atoms with Crippen LogP contribution >= 0.6 is 12.2 Å². The first kappa shape index (κ1) is 8.99. The van der Waals surface area contributed by atoms with Gasteiger partial charge in [-0.05, 0) is 18.6 Å². The molecule has 1 heterocycles. The molecule has 6 heteroatoms. The lowest BCUT2D eigenvalue weighted by Crippen LogP contribution is -2.47. The van der Waals surface area contributed by atoms with E-state index < -0.39 is 0 Å². The van der Waals surface area contributed by atoms with Crippen LogP contribution in [0.15, 0.2) is 10.8 Å². The molecule has 0 aromatic rings. The molecule has 0 aromatic heterocycles. The van der Waals surface area contributed by atoms with E-state index in [9.17, 15) is 0 Å². The fraction of sp³-hybridized carbons (Fsp3) is 0.500. The molecular formula is C6H11N5S. The van der Waals surface area contributed by atoms with Gasteiger partial charge in [0.2, 0.25) is 11.8 Å². The smallest absolute Gasteiger partial charge is 0.222 e. The van der Waals surface area contributed by atoms with Gasteiger partial charge in [0.25, 0.3) is 0 Å². The summed E-state index contributed by atoms with van der Waals surface area (Å²) in [5.41, 5.74) is 11.2. The predicted octanol–water partition coefficient (Wildman–Crippen LogP) is -0.524. The number of thiocarbonyl (C=S) groups is 1. The highest BCUT2D eigenvalue weighted by Crippen LogP contribution is 2.00. The van der Waals surface area contributed by atoms with E-state index in [4.69, 9.17) is 5.73 Å². The maximum Gasteiger partial charge on any atom is 0.222 e. The molecule has 0 bridgehead atoms. The number of hydrogen-bond donors (Lipinski definition) is 3. The molecule has 0 fully saturated rings. The third kappa shape index (κ3) is 1.94. The lowest BCUT2D eigenvalue weighted by molar-refractivity contribution is 0.225. The maximum absolute atomic E-state index is 5.41. The molecule has 1 aliphatic heterocycles. The number of nitrogens with two attached hydrogens (primary N) is 1. The number of hydrazine groups is 2. The normalized spacial score (nSPS) is 15.6. The summed E-state index contributed by atoms with van der Waals surface area (Å²) in [7, 11) is 0. The first-order valence-corrected chi connectivity index (χ1v) is 4.08. The summed E-state index contributed by atoms with van der Waals surface area (Å²) in [4.78, 5) is 3.89. The predicted molar refractivity (Wildman–Crippen MR) is 51.0 cm³/mol. The lowest BCUT2D eigenvalue weighted by atomic mass is 10.5. The average molecular weight is 185 g/mol. The van der Waals surface area contributed by atoms with E-state index in [0.717, 1.165) is 13.0 Å². The van der Waals surface area contributed by atoms with Crippen molar-refractivity contribution in [2.45, 2.75) is 13.3 Å². The number of hydrogen-bond acceptors (Lipinski definition) is 6. The molecule has 0 atom stereocenters. The zero-order chi connectivity index (χ0) is 8.97. The molecular weight excluding hydrogens is 174 g/mol. The lowest BCUT2D eigenvalue weighted by Gasteiger charge is -2.17. The minimum absolute atomic E-state index is 0.325. The molecule has 0 amide bonds. The second kappa shape index (κ2) is 4.06. The van der Waals surface area contributed by atoms with Crippen LogP contribution in [-0.4, -0.2) is 22.6 Å². The maximum atomic E-state index is 5.41. The Labute approximate surface area is 76.3 Å². The summed E-state index contributed by atoms with van der Waals surface area (Å²) in [5, 5.41) is 4.05. The number of guanidine groups is 1. The summed E-state index contributed by atoms with van der Waals surface area (Å²) in [5.74, 6) is 0.821. The monoisotopic (exact) mass is 185 g/mol. The van der Waals surface area contributed by atoms with Gasteiger partial charge in [-0.15, -0.1) is 0 Å². The Bertz CT molecular complexity index is 242. The first-order valence-electron chi connectivity index (χ1n) is 3.67. The van der Waals surface area contributed by atoms with Crippen LogP contribution in [0.3, 0.4) is 0 Å². The van der Waals surface area contributed by atoms with E-state index in [2.05, 4.69) is 40.0 Å². The Kier molecular flexibility index (Phi) is 3.04. The van der Waals surface area contributed by atoms with E-state index in [1.54, 1.807) is 5.12 Å². The van der Waals surface area contributed by atoms with Gasteiger partial charge >= 0.3 is 0 Å². The fourth-order valence-electron chi connectivity index (χ4n) is 0.763. The van der Waals surface area contributed by atoms with Crippen LogP contribution in [-0.2, 0) is 0 Å². The Hall–Kier alpha value is -1.10. The second-order valence-corrected chi connectivity index (χ2v) is 2.48. The van der Waals surface area contributed by atoms with Gasteiger partial charge in [-0.3, -0.25) is 5.43 Å². The van der Waals surface area contributed by atoms with E-state index in [1.165, 1.54) is 0 Å². The summed E-state index contributed by atoms with van der Waals surface area (Å²) in [6, 6.07) is 0. The summed E-state index contributed by atoms with van der Waals surface area (Å²) in [6.45, 7) is 2.89. The van der Waals surface area contributed by atoms with E-state index in [1.807, 2.05) is 0 Å². The van der Waals surface area contributed by atoms with Crippen molar-refractivity contribution in [2.24, 2.45) is 10.7 Å². The highest BCUT2D eigenvalue weighted by atomic mass is 32.1. The first-order chi connectivity index (χ1) is 5.77. The minimum atomic E-state index is 0.325. The van der Waals surface area contributed by atoms with Crippen LogP contribution < -0.4 is 16.6 Å². The molecule has 0 radical (unpaired) electrons. The Morgan fingerprint density at radius 2 is 2.58 bits per heavy atom. The third-order valence-corrected chi connectivity index (χ3v) is 1.46. The van der Waals surface area contributed by atoms with Crippen molar-refractivity contribution < 1.29 is 0 Å². The van der Waals surface area contributed by atoms with Gasteiger partial charge in [0.1, 0.15) is 0 Å². The van der Waals surface area contributed by atoms with Crippen molar-refractivity contribution >= 4 is 23.2 Å². The number of rotatable bonds is 3.